The van der Waals surface area contributed by atoms with Crippen LogP contribution >= 0.6 is 15.6 Å². The Hall–Kier alpha value is -3.24. The normalized spacial score (nSPS) is 14.1. The molecule has 0 aromatic carbocycles. The second-order valence-electron chi connectivity index (χ2n) is 28.8. The lowest BCUT2D eigenvalue weighted by Crippen LogP contribution is -2.30. The number of unbranched alkanes of at least 4 members (excludes halogenated alkanes) is 45. The fourth-order valence-electron chi connectivity index (χ4n) is 12.0. The zero-order valence-corrected chi connectivity index (χ0v) is 68.5. The van der Waals surface area contributed by atoms with Crippen molar-refractivity contribution in [1.82, 2.24) is 0 Å². The number of ether oxygens (including phenoxy) is 4. The smallest absolute Gasteiger partial charge is 0.462 e. The molecule has 0 saturated carbocycles. The minimum Gasteiger partial charge on any atom is -0.462 e. The van der Waals surface area contributed by atoms with Gasteiger partial charge in [-0.15, -0.1) is 0 Å². The molecule has 0 fully saturated rings. The molecule has 0 amide bonds. The van der Waals surface area contributed by atoms with Crippen LogP contribution in [0.3, 0.4) is 0 Å². The maximum atomic E-state index is 13.1. The lowest BCUT2D eigenvalue weighted by Gasteiger charge is -2.21. The number of hydrogen-bond donors (Lipinski definition) is 3. The van der Waals surface area contributed by atoms with E-state index in [0.717, 1.165) is 109 Å². The van der Waals surface area contributed by atoms with Crippen LogP contribution in [0.1, 0.15) is 400 Å². The summed E-state index contributed by atoms with van der Waals surface area (Å²) in [7, 11) is -9.96. The SMILES string of the molecule is CCCCC/C=C\C/C=C\C/C=C\C/C=C\CCCC(=O)OC[C@H](COP(=O)(O)OC[C@@H](O)COP(=O)(O)OC[C@@H](COC(=O)CCCCCCCCCCCCCCCCC)OC(=O)CCCCCCCCCCCCCCCCCCC)OC(=O)CCCCCCC/C=C\CCCCCCCC. The van der Waals surface area contributed by atoms with E-state index in [1.807, 2.05) is 12.2 Å². The Labute approximate surface area is 635 Å². The molecule has 3 N–H and O–H groups in total. The lowest BCUT2D eigenvalue weighted by atomic mass is 10.0. The first-order chi connectivity index (χ1) is 50.7. The molecule has 0 aromatic rings. The van der Waals surface area contributed by atoms with Crippen LogP contribution in [0, 0.1) is 0 Å². The summed E-state index contributed by atoms with van der Waals surface area (Å²) < 4.78 is 68.7. The molecule has 0 heterocycles. The van der Waals surface area contributed by atoms with Gasteiger partial charge in [0.05, 0.1) is 26.4 Å². The molecule has 0 aliphatic heterocycles. The molecule has 104 heavy (non-hydrogen) atoms. The Kier molecular flexibility index (Phi) is 75.5. The topological polar surface area (TPSA) is 237 Å². The van der Waals surface area contributed by atoms with E-state index in [4.69, 9.17) is 37.0 Å². The van der Waals surface area contributed by atoms with E-state index in [9.17, 15) is 43.2 Å². The average molecular weight is 1510 g/mol. The Bertz CT molecular complexity index is 2200. The fraction of sp³-hybridized carbons (Fsp3) is 0.835. The van der Waals surface area contributed by atoms with Crippen LogP contribution < -0.4 is 0 Å². The highest BCUT2D eigenvalue weighted by atomic mass is 31.2. The number of phosphoric ester groups is 2. The van der Waals surface area contributed by atoms with Crippen LogP contribution in [-0.4, -0.2) is 96.7 Å². The quantitative estimate of drug-likeness (QED) is 0.0169. The van der Waals surface area contributed by atoms with Crippen LogP contribution in [0.5, 0.6) is 0 Å². The Morgan fingerprint density at radius 3 is 0.788 bits per heavy atom. The van der Waals surface area contributed by atoms with Crippen molar-refractivity contribution in [2.24, 2.45) is 0 Å². The van der Waals surface area contributed by atoms with Crippen LogP contribution in [0.4, 0.5) is 0 Å². The van der Waals surface area contributed by atoms with E-state index >= 15 is 0 Å². The molecule has 2 unspecified atom stereocenters. The van der Waals surface area contributed by atoms with Gasteiger partial charge < -0.3 is 33.8 Å². The van der Waals surface area contributed by atoms with Crippen molar-refractivity contribution < 1.29 is 80.2 Å². The number of rotatable bonds is 81. The van der Waals surface area contributed by atoms with Gasteiger partial charge in [0.15, 0.2) is 12.2 Å². The molecule has 0 radical (unpaired) electrons. The number of carbonyl (C=O) groups excluding carboxylic acids is 4. The molecule has 0 spiro atoms. The first-order valence-electron chi connectivity index (χ1n) is 42.5. The van der Waals surface area contributed by atoms with Gasteiger partial charge in [0.1, 0.15) is 19.3 Å². The van der Waals surface area contributed by atoms with Gasteiger partial charge in [0, 0.05) is 25.7 Å². The molecule has 0 aromatic heterocycles. The van der Waals surface area contributed by atoms with Gasteiger partial charge in [-0.25, -0.2) is 9.13 Å². The van der Waals surface area contributed by atoms with Gasteiger partial charge in [-0.05, 0) is 89.9 Å². The van der Waals surface area contributed by atoms with Crippen molar-refractivity contribution in [3.8, 4) is 0 Å². The van der Waals surface area contributed by atoms with Crippen LogP contribution in [0.2, 0.25) is 0 Å². The Balaban J connectivity index is 5.37. The van der Waals surface area contributed by atoms with E-state index in [0.29, 0.717) is 32.1 Å². The van der Waals surface area contributed by atoms with Crippen LogP contribution in [-0.2, 0) is 65.4 Å². The summed E-state index contributed by atoms with van der Waals surface area (Å²) >= 11 is 0. The predicted molar refractivity (Wildman–Crippen MR) is 427 cm³/mol. The first-order valence-corrected chi connectivity index (χ1v) is 45.5. The standard InChI is InChI=1S/C85H156O17P2/c1-5-9-13-17-21-25-29-33-37-39-43-46-50-54-58-62-66-70-83(88)96-76-80(101-84(89)71-67-63-59-55-51-47-42-36-32-28-24-20-16-12-8-4)77-99-103(91,92)97-73-79(86)74-98-104(93,94)100-78-81(75-95-82(87)69-65-61-57-53-49-45-41-35-31-27-23-19-15-11-7-3)102-85(90)72-68-64-60-56-52-48-44-40-38-34-30-26-22-18-14-10-6-2/h21,25,33,36-37,42-43,46,54,58,79-81,86H,5-20,22-24,26-32,34-35,38-41,44-45,47-53,55-57,59-78H2,1-4H3,(H,91,92)(H,93,94)/b25-21-,37-33-,42-36-,46-43-,58-54-/t79-,80-,81-/m1/s1. The summed E-state index contributed by atoms with van der Waals surface area (Å²) in [6.45, 7) is 4.88. The minimum atomic E-state index is -4.99. The highest BCUT2D eigenvalue weighted by Gasteiger charge is 2.30. The summed E-state index contributed by atoms with van der Waals surface area (Å²) in [5.74, 6) is -2.21. The minimum absolute atomic E-state index is 0.0775. The van der Waals surface area contributed by atoms with Crippen LogP contribution in [0.25, 0.3) is 0 Å². The van der Waals surface area contributed by atoms with E-state index in [1.54, 1.807) is 0 Å². The highest BCUT2D eigenvalue weighted by molar-refractivity contribution is 7.47. The van der Waals surface area contributed by atoms with Gasteiger partial charge >= 0.3 is 39.5 Å². The summed E-state index contributed by atoms with van der Waals surface area (Å²) in [6.07, 6.45) is 79.0. The summed E-state index contributed by atoms with van der Waals surface area (Å²) in [5, 5.41) is 10.7. The second kappa shape index (κ2) is 77.9. The average Bonchev–Trinajstić information content (AvgIpc) is 0.909. The molecule has 19 heteroatoms. The van der Waals surface area contributed by atoms with Gasteiger partial charge in [0.2, 0.25) is 0 Å². The van der Waals surface area contributed by atoms with E-state index in [-0.39, 0.29) is 25.7 Å². The molecular formula is C85H156O17P2. The highest BCUT2D eigenvalue weighted by Crippen LogP contribution is 2.45. The van der Waals surface area contributed by atoms with Gasteiger partial charge in [-0.1, -0.05) is 345 Å². The van der Waals surface area contributed by atoms with Crippen molar-refractivity contribution in [2.75, 3.05) is 39.6 Å². The third-order valence-corrected chi connectivity index (χ3v) is 20.4. The third kappa shape index (κ3) is 76.9. The van der Waals surface area contributed by atoms with Crippen molar-refractivity contribution in [1.29, 1.82) is 0 Å². The number of carbonyl (C=O) groups is 4. The Morgan fingerprint density at radius 1 is 0.269 bits per heavy atom. The number of esters is 4. The number of aliphatic hydroxyl groups is 1. The summed E-state index contributed by atoms with van der Waals surface area (Å²) in [5.41, 5.74) is 0. The van der Waals surface area contributed by atoms with Crippen LogP contribution in [0.15, 0.2) is 60.8 Å². The molecule has 0 aliphatic carbocycles. The Morgan fingerprint density at radius 2 is 0.481 bits per heavy atom. The molecule has 0 rings (SSSR count). The molecule has 5 atom stereocenters. The fourth-order valence-corrected chi connectivity index (χ4v) is 13.6. The maximum Gasteiger partial charge on any atom is 0.472 e. The molecule has 0 saturated heterocycles. The molecule has 608 valence electrons. The first kappa shape index (κ1) is 101. The molecular weight excluding hydrogens is 1350 g/mol. The zero-order valence-electron chi connectivity index (χ0n) is 66.7. The third-order valence-electron chi connectivity index (χ3n) is 18.5. The number of phosphoric acid groups is 2. The number of hydrogen-bond acceptors (Lipinski definition) is 15. The number of allylic oxidation sites excluding steroid dienone is 10. The van der Waals surface area contributed by atoms with E-state index in [1.165, 1.54) is 205 Å². The second-order valence-corrected chi connectivity index (χ2v) is 31.7. The van der Waals surface area contributed by atoms with Gasteiger partial charge in [-0.3, -0.25) is 37.3 Å². The van der Waals surface area contributed by atoms with Crippen molar-refractivity contribution in [3.63, 3.8) is 0 Å². The van der Waals surface area contributed by atoms with Crippen molar-refractivity contribution in [3.05, 3.63) is 60.8 Å². The summed E-state index contributed by atoms with van der Waals surface area (Å²) in [4.78, 5) is 73.1. The monoisotopic (exact) mass is 1510 g/mol. The maximum absolute atomic E-state index is 13.1. The van der Waals surface area contributed by atoms with Crippen molar-refractivity contribution >= 4 is 39.5 Å². The van der Waals surface area contributed by atoms with E-state index in [2.05, 4.69) is 76.3 Å². The molecule has 0 bridgehead atoms. The van der Waals surface area contributed by atoms with Gasteiger partial charge in [-0.2, -0.15) is 0 Å². The molecule has 0 aliphatic rings. The van der Waals surface area contributed by atoms with Gasteiger partial charge in [0.25, 0.3) is 0 Å². The zero-order chi connectivity index (χ0) is 76.0. The van der Waals surface area contributed by atoms with Crippen molar-refractivity contribution in [2.45, 2.75) is 418 Å². The largest absolute Gasteiger partial charge is 0.472 e. The molecule has 17 nitrogen and oxygen atoms in total. The number of aliphatic hydroxyl groups excluding tert-OH is 1. The summed E-state index contributed by atoms with van der Waals surface area (Å²) in [6, 6.07) is 0. The predicted octanol–water partition coefficient (Wildman–Crippen LogP) is 25.0. The lowest BCUT2D eigenvalue weighted by molar-refractivity contribution is -0.161. The van der Waals surface area contributed by atoms with E-state index < -0.39 is 97.5 Å².